The zero-order valence-corrected chi connectivity index (χ0v) is 11.6. The molecule has 1 N–H and O–H groups in total. The highest BCUT2D eigenvalue weighted by Gasteiger charge is 2.14. The molecule has 0 spiro atoms. The summed E-state index contributed by atoms with van der Waals surface area (Å²) in [7, 11) is 0. The van der Waals surface area contributed by atoms with Crippen molar-refractivity contribution in [1.29, 1.82) is 0 Å². The molecule has 2 heteroatoms. The summed E-state index contributed by atoms with van der Waals surface area (Å²) in [5, 5.41) is 5.62. The van der Waals surface area contributed by atoms with Crippen LogP contribution in [0.25, 0.3) is 10.8 Å². The molecule has 2 rings (SSSR count). The second kappa shape index (κ2) is 6.48. The zero-order valence-electron chi connectivity index (χ0n) is 11.6. The third kappa shape index (κ3) is 3.42. The first-order valence-electron chi connectivity index (χ1n) is 6.92. The molecule has 0 aliphatic rings. The van der Waals surface area contributed by atoms with E-state index in [-0.39, 0.29) is 5.92 Å². The molecule has 0 saturated carbocycles. The van der Waals surface area contributed by atoms with Crippen LogP contribution in [0.5, 0.6) is 0 Å². The Bertz CT molecular complexity index is 557. The summed E-state index contributed by atoms with van der Waals surface area (Å²) in [5.41, 5.74) is 1.13. The molecule has 0 amide bonds. The number of benzene rings is 2. The molecule has 2 nitrogen and oxygen atoms in total. The maximum Gasteiger partial charge on any atom is 0.141 e. The fraction of sp³-hybridized carbons (Fsp3) is 0.353. The van der Waals surface area contributed by atoms with Crippen molar-refractivity contribution < 1.29 is 4.79 Å². The first-order valence-corrected chi connectivity index (χ1v) is 6.92. The fourth-order valence-electron chi connectivity index (χ4n) is 2.28. The molecule has 0 bridgehead atoms. The van der Waals surface area contributed by atoms with Gasteiger partial charge in [0.25, 0.3) is 0 Å². The summed E-state index contributed by atoms with van der Waals surface area (Å²) in [5.74, 6) is 0.372. The SMILES string of the molecule is CCNCC(C)C(=O)Cc1cccc2ccccc12. The van der Waals surface area contributed by atoms with Crippen molar-refractivity contribution in [1.82, 2.24) is 5.32 Å². The molecule has 100 valence electrons. The average molecular weight is 255 g/mol. The number of rotatable bonds is 6. The number of nitrogens with one attached hydrogen (secondary N) is 1. The molecule has 0 fully saturated rings. The topological polar surface area (TPSA) is 29.1 Å². The number of carbonyl (C=O) groups is 1. The van der Waals surface area contributed by atoms with Gasteiger partial charge in [-0.1, -0.05) is 56.3 Å². The van der Waals surface area contributed by atoms with E-state index >= 15 is 0 Å². The predicted molar refractivity (Wildman–Crippen MR) is 80.4 cm³/mol. The monoisotopic (exact) mass is 255 g/mol. The molecule has 1 unspecified atom stereocenters. The standard InChI is InChI=1S/C17H21NO/c1-3-18-12-13(2)17(19)11-15-9-6-8-14-7-4-5-10-16(14)15/h4-10,13,18H,3,11-12H2,1-2H3. The molecule has 19 heavy (non-hydrogen) atoms. The van der Waals surface area contributed by atoms with Crippen molar-refractivity contribution in [3.63, 3.8) is 0 Å². The highest BCUT2D eigenvalue weighted by atomic mass is 16.1. The van der Waals surface area contributed by atoms with Crippen molar-refractivity contribution >= 4 is 16.6 Å². The van der Waals surface area contributed by atoms with Crippen molar-refractivity contribution in [3.8, 4) is 0 Å². The number of Topliss-reactive ketones (excluding diaryl/α,β-unsaturated/α-hetero) is 1. The highest BCUT2D eigenvalue weighted by Crippen LogP contribution is 2.19. The Balaban J connectivity index is 2.15. The Morgan fingerprint density at radius 1 is 1.16 bits per heavy atom. The van der Waals surface area contributed by atoms with E-state index in [2.05, 4.69) is 36.5 Å². The van der Waals surface area contributed by atoms with E-state index in [1.165, 1.54) is 10.8 Å². The van der Waals surface area contributed by atoms with Crippen molar-refractivity contribution in [3.05, 3.63) is 48.0 Å². The van der Waals surface area contributed by atoms with Gasteiger partial charge in [0.05, 0.1) is 0 Å². The van der Waals surface area contributed by atoms with Gasteiger partial charge in [-0.05, 0) is 22.9 Å². The van der Waals surface area contributed by atoms with E-state index < -0.39 is 0 Å². The van der Waals surface area contributed by atoms with Crippen LogP contribution in [0.1, 0.15) is 19.4 Å². The van der Waals surface area contributed by atoms with Crippen LogP contribution in [0.4, 0.5) is 0 Å². The second-order valence-electron chi connectivity index (χ2n) is 4.99. The summed E-state index contributed by atoms with van der Waals surface area (Å²) in [6.45, 7) is 5.73. The van der Waals surface area contributed by atoms with Crippen LogP contribution < -0.4 is 5.32 Å². The minimum Gasteiger partial charge on any atom is -0.316 e. The average Bonchev–Trinajstić information content (AvgIpc) is 2.45. The van der Waals surface area contributed by atoms with Crippen molar-refractivity contribution in [2.45, 2.75) is 20.3 Å². The van der Waals surface area contributed by atoms with Gasteiger partial charge in [0.1, 0.15) is 5.78 Å². The molecule has 0 saturated heterocycles. The first-order chi connectivity index (χ1) is 9.22. The van der Waals surface area contributed by atoms with Gasteiger partial charge in [0.2, 0.25) is 0 Å². The Kier molecular flexibility index (Phi) is 4.69. The molecule has 0 radical (unpaired) electrons. The molecule has 0 heterocycles. The summed E-state index contributed by atoms with van der Waals surface area (Å²) in [6.07, 6.45) is 0.522. The molecule has 2 aromatic carbocycles. The van der Waals surface area contributed by atoms with Crippen LogP contribution in [0, 0.1) is 5.92 Å². The molecule has 1 atom stereocenters. The lowest BCUT2D eigenvalue weighted by atomic mass is 9.95. The number of ketones is 1. The van der Waals surface area contributed by atoms with Gasteiger partial charge < -0.3 is 5.32 Å². The van der Waals surface area contributed by atoms with E-state index in [9.17, 15) is 4.79 Å². The van der Waals surface area contributed by atoms with E-state index in [0.29, 0.717) is 12.2 Å². The summed E-state index contributed by atoms with van der Waals surface area (Å²) >= 11 is 0. The lowest BCUT2D eigenvalue weighted by molar-refractivity contribution is -0.121. The molecule has 0 aromatic heterocycles. The van der Waals surface area contributed by atoms with Crippen molar-refractivity contribution in [2.24, 2.45) is 5.92 Å². The Morgan fingerprint density at radius 3 is 2.68 bits per heavy atom. The van der Waals surface area contributed by atoms with Gasteiger partial charge in [0, 0.05) is 18.9 Å². The van der Waals surface area contributed by atoms with E-state index in [4.69, 9.17) is 0 Å². The summed E-state index contributed by atoms with van der Waals surface area (Å²) < 4.78 is 0. The van der Waals surface area contributed by atoms with Crippen LogP contribution in [0.3, 0.4) is 0 Å². The van der Waals surface area contributed by atoms with Gasteiger partial charge in [-0.3, -0.25) is 4.79 Å². The smallest absolute Gasteiger partial charge is 0.141 e. The second-order valence-corrected chi connectivity index (χ2v) is 4.99. The largest absolute Gasteiger partial charge is 0.316 e. The molecule has 2 aromatic rings. The number of hydrogen-bond acceptors (Lipinski definition) is 2. The van der Waals surface area contributed by atoms with E-state index in [0.717, 1.165) is 18.7 Å². The maximum atomic E-state index is 12.2. The minimum absolute atomic E-state index is 0.0684. The molecule has 0 aliphatic carbocycles. The van der Waals surface area contributed by atoms with Crippen LogP contribution in [0.15, 0.2) is 42.5 Å². The lowest BCUT2D eigenvalue weighted by Gasteiger charge is -2.12. The maximum absolute atomic E-state index is 12.2. The van der Waals surface area contributed by atoms with Gasteiger partial charge in [-0.25, -0.2) is 0 Å². The molecule has 0 aliphatic heterocycles. The zero-order chi connectivity index (χ0) is 13.7. The molecular weight excluding hydrogens is 234 g/mol. The van der Waals surface area contributed by atoms with Crippen LogP contribution in [0.2, 0.25) is 0 Å². The number of carbonyl (C=O) groups excluding carboxylic acids is 1. The fourth-order valence-corrected chi connectivity index (χ4v) is 2.28. The van der Waals surface area contributed by atoms with E-state index in [1.807, 2.05) is 25.1 Å². The summed E-state index contributed by atoms with van der Waals surface area (Å²) in [4.78, 5) is 12.2. The quantitative estimate of drug-likeness (QED) is 0.859. The normalized spacial score (nSPS) is 12.5. The van der Waals surface area contributed by atoms with Gasteiger partial charge >= 0.3 is 0 Å². The van der Waals surface area contributed by atoms with Crippen LogP contribution in [-0.2, 0) is 11.2 Å². The predicted octanol–water partition coefficient (Wildman–Crippen LogP) is 3.20. The summed E-state index contributed by atoms with van der Waals surface area (Å²) in [6, 6.07) is 14.4. The van der Waals surface area contributed by atoms with Gasteiger partial charge in [-0.2, -0.15) is 0 Å². The number of hydrogen-bond donors (Lipinski definition) is 1. The van der Waals surface area contributed by atoms with Gasteiger partial charge in [-0.15, -0.1) is 0 Å². The lowest BCUT2D eigenvalue weighted by Crippen LogP contribution is -2.27. The third-order valence-corrected chi connectivity index (χ3v) is 3.49. The van der Waals surface area contributed by atoms with E-state index in [1.54, 1.807) is 0 Å². The highest BCUT2D eigenvalue weighted by molar-refractivity contribution is 5.91. The first kappa shape index (κ1) is 13.8. The van der Waals surface area contributed by atoms with Crippen molar-refractivity contribution in [2.75, 3.05) is 13.1 Å². The number of fused-ring (bicyclic) bond motifs is 1. The Labute approximate surface area is 114 Å². The van der Waals surface area contributed by atoms with Crippen LogP contribution >= 0.6 is 0 Å². The molecular formula is C17H21NO. The van der Waals surface area contributed by atoms with Crippen LogP contribution in [-0.4, -0.2) is 18.9 Å². The Hall–Kier alpha value is -1.67. The Morgan fingerprint density at radius 2 is 1.89 bits per heavy atom. The minimum atomic E-state index is 0.0684. The third-order valence-electron chi connectivity index (χ3n) is 3.49. The van der Waals surface area contributed by atoms with Gasteiger partial charge in [0.15, 0.2) is 0 Å².